The Morgan fingerprint density at radius 1 is 0.690 bits per heavy atom. The third-order valence-electron chi connectivity index (χ3n) is 7.55. The van der Waals surface area contributed by atoms with Crippen LogP contribution in [0.3, 0.4) is 0 Å². The van der Waals surface area contributed by atoms with Crippen LogP contribution in [-0.2, 0) is 6.42 Å². The molecule has 0 radical (unpaired) electrons. The highest BCUT2D eigenvalue weighted by atomic mass is 19.1. The summed E-state index contributed by atoms with van der Waals surface area (Å²) in [6.45, 7) is 4.99. The summed E-state index contributed by atoms with van der Waals surface area (Å²) in [6.07, 6.45) is 22.8. The summed E-state index contributed by atoms with van der Waals surface area (Å²) in [6, 6.07) is 12.5. The Labute approximate surface area is 252 Å². The van der Waals surface area contributed by atoms with Crippen molar-refractivity contribution in [1.82, 2.24) is 9.97 Å². The largest absolute Gasteiger partial charge is 0.493 e. The molecule has 5 nitrogen and oxygen atoms in total. The lowest BCUT2D eigenvalue weighted by Crippen LogP contribution is -2.11. The second-order valence-electron chi connectivity index (χ2n) is 11.2. The van der Waals surface area contributed by atoms with Gasteiger partial charge in [0, 0.05) is 11.6 Å². The van der Waals surface area contributed by atoms with Crippen LogP contribution in [0, 0.1) is 5.82 Å². The van der Waals surface area contributed by atoms with Crippen LogP contribution < -0.4 is 9.47 Å². The topological polar surface area (TPSA) is 61.3 Å². The number of carbonyl (C=O) groups excluding carboxylic acids is 1. The molecule has 0 spiro atoms. The van der Waals surface area contributed by atoms with Crippen LogP contribution >= 0.6 is 0 Å². The molecule has 42 heavy (non-hydrogen) atoms. The van der Waals surface area contributed by atoms with Crippen LogP contribution in [0.15, 0.2) is 54.9 Å². The van der Waals surface area contributed by atoms with Crippen molar-refractivity contribution in [3.8, 4) is 22.9 Å². The molecule has 0 unspecified atom stereocenters. The van der Waals surface area contributed by atoms with Crippen LogP contribution in [-0.4, -0.2) is 22.5 Å². The van der Waals surface area contributed by atoms with Crippen molar-refractivity contribution in [3.63, 3.8) is 0 Å². The van der Waals surface area contributed by atoms with Crippen molar-refractivity contribution < 1.29 is 18.7 Å². The van der Waals surface area contributed by atoms with Crippen LogP contribution in [0.5, 0.6) is 11.5 Å². The van der Waals surface area contributed by atoms with Gasteiger partial charge in [-0.2, -0.15) is 0 Å². The van der Waals surface area contributed by atoms with Crippen molar-refractivity contribution >= 4 is 5.97 Å². The van der Waals surface area contributed by atoms with Crippen molar-refractivity contribution in [2.75, 3.05) is 6.61 Å². The maximum absolute atomic E-state index is 14.6. The average Bonchev–Trinajstić information content (AvgIpc) is 3.00. The first kappa shape index (κ1) is 33.2. The van der Waals surface area contributed by atoms with Gasteiger partial charge >= 0.3 is 5.97 Å². The number of hydrogen-bond acceptors (Lipinski definition) is 5. The second-order valence-corrected chi connectivity index (χ2v) is 11.2. The Kier molecular flexibility index (Phi) is 15.6. The number of benzene rings is 2. The number of hydrogen-bond donors (Lipinski definition) is 0. The lowest BCUT2D eigenvalue weighted by Gasteiger charge is -2.09. The van der Waals surface area contributed by atoms with Crippen molar-refractivity contribution in [2.45, 2.75) is 117 Å². The summed E-state index contributed by atoms with van der Waals surface area (Å²) < 4.78 is 25.6. The van der Waals surface area contributed by atoms with Gasteiger partial charge in [-0.1, -0.05) is 122 Å². The molecule has 0 atom stereocenters. The van der Waals surface area contributed by atoms with Gasteiger partial charge in [0.25, 0.3) is 0 Å². The number of halogens is 1. The second kappa shape index (κ2) is 19.8. The fourth-order valence-electron chi connectivity index (χ4n) is 4.96. The first-order valence-electron chi connectivity index (χ1n) is 16.2. The molecule has 0 saturated heterocycles. The molecule has 2 aromatic carbocycles. The highest BCUT2D eigenvalue weighted by molar-refractivity contribution is 5.91. The maximum atomic E-state index is 14.6. The van der Waals surface area contributed by atoms with Crippen molar-refractivity contribution in [3.05, 3.63) is 71.8 Å². The van der Waals surface area contributed by atoms with E-state index in [2.05, 4.69) is 35.9 Å². The summed E-state index contributed by atoms with van der Waals surface area (Å²) in [5, 5.41) is 0. The number of carbonyl (C=O) groups is 1. The van der Waals surface area contributed by atoms with Crippen LogP contribution in [0.2, 0.25) is 0 Å². The number of nitrogens with zero attached hydrogens (tertiary/aromatic N) is 2. The molecule has 0 amide bonds. The monoisotopic (exact) mass is 576 g/mol. The summed E-state index contributed by atoms with van der Waals surface area (Å²) in [5.74, 6) is -0.364. The Morgan fingerprint density at radius 3 is 1.86 bits per heavy atom. The molecule has 0 aliphatic carbocycles. The smallest absolute Gasteiger partial charge is 0.346 e. The minimum absolute atomic E-state index is 0.158. The molecule has 228 valence electrons. The molecule has 0 saturated carbocycles. The minimum atomic E-state index is -0.798. The standard InChI is InChI=1S/C36H49FN2O3/c1-3-5-7-9-11-12-14-16-18-29-19-21-30(22-20-29)35-38-27-32(28-39-35)42-36(40)33-24-23-31(26-34(33)37)41-25-17-15-13-10-8-6-4-2/h19-24,26-28H,3-18,25H2,1-2H3. The van der Waals surface area contributed by atoms with E-state index in [0.29, 0.717) is 18.2 Å². The lowest BCUT2D eigenvalue weighted by atomic mass is 10.0. The van der Waals surface area contributed by atoms with Gasteiger partial charge in [-0.15, -0.1) is 0 Å². The SMILES string of the molecule is CCCCCCCCCCc1ccc(-c2ncc(OC(=O)c3ccc(OCCCCCCCCC)cc3F)cn2)cc1. The third kappa shape index (κ3) is 12.3. The normalized spacial score (nSPS) is 11.0. The van der Waals surface area contributed by atoms with Gasteiger partial charge in [0.2, 0.25) is 0 Å². The van der Waals surface area contributed by atoms with E-state index >= 15 is 0 Å². The predicted octanol–water partition coefficient (Wildman–Crippen LogP) is 10.3. The van der Waals surface area contributed by atoms with Gasteiger partial charge in [0.1, 0.15) is 11.6 Å². The van der Waals surface area contributed by atoms with Crippen LogP contribution in [0.1, 0.15) is 126 Å². The van der Waals surface area contributed by atoms with Gasteiger partial charge < -0.3 is 9.47 Å². The molecule has 0 fully saturated rings. The number of unbranched alkanes of at least 4 members (excludes halogenated alkanes) is 13. The van der Waals surface area contributed by atoms with E-state index in [9.17, 15) is 9.18 Å². The quantitative estimate of drug-likeness (QED) is 0.0932. The zero-order valence-electron chi connectivity index (χ0n) is 25.7. The van der Waals surface area contributed by atoms with Crippen molar-refractivity contribution in [1.29, 1.82) is 0 Å². The highest BCUT2D eigenvalue weighted by Gasteiger charge is 2.16. The highest BCUT2D eigenvalue weighted by Crippen LogP contribution is 2.22. The summed E-state index contributed by atoms with van der Waals surface area (Å²) in [4.78, 5) is 21.3. The van der Waals surface area contributed by atoms with E-state index in [4.69, 9.17) is 9.47 Å². The molecule has 0 N–H and O–H groups in total. The van der Waals surface area contributed by atoms with E-state index < -0.39 is 11.8 Å². The third-order valence-corrected chi connectivity index (χ3v) is 7.55. The number of ether oxygens (including phenoxy) is 2. The van der Waals surface area contributed by atoms with Gasteiger partial charge in [-0.25, -0.2) is 19.2 Å². The summed E-state index contributed by atoms with van der Waals surface area (Å²) in [7, 11) is 0. The fraction of sp³-hybridized carbons (Fsp3) is 0.528. The molecule has 3 aromatic rings. The molecule has 1 aromatic heterocycles. The van der Waals surface area contributed by atoms with Gasteiger partial charge in [0.05, 0.1) is 24.6 Å². The molecule has 0 bridgehead atoms. The van der Waals surface area contributed by atoms with E-state index in [-0.39, 0.29) is 11.3 Å². The molecular weight excluding hydrogens is 527 g/mol. The molecule has 6 heteroatoms. The van der Waals surface area contributed by atoms with Gasteiger partial charge in [-0.05, 0) is 37.0 Å². The minimum Gasteiger partial charge on any atom is -0.493 e. The summed E-state index contributed by atoms with van der Waals surface area (Å²) >= 11 is 0. The Morgan fingerprint density at radius 2 is 1.26 bits per heavy atom. The predicted molar refractivity (Wildman–Crippen MR) is 169 cm³/mol. The maximum Gasteiger partial charge on any atom is 0.346 e. The Balaban J connectivity index is 1.40. The first-order chi connectivity index (χ1) is 20.6. The molecule has 0 aliphatic rings. The number of aromatic nitrogens is 2. The Bertz CT molecular complexity index is 1170. The van der Waals surface area contributed by atoms with Crippen LogP contribution in [0.4, 0.5) is 4.39 Å². The van der Waals surface area contributed by atoms with Crippen molar-refractivity contribution in [2.24, 2.45) is 0 Å². The zero-order chi connectivity index (χ0) is 29.8. The molecule has 0 aliphatic heterocycles. The summed E-state index contributed by atoms with van der Waals surface area (Å²) in [5.41, 5.74) is 2.05. The van der Waals surface area contributed by atoms with Gasteiger partial charge in [0.15, 0.2) is 11.6 Å². The average molecular weight is 577 g/mol. The molecule has 3 rings (SSSR count). The number of rotatable bonds is 21. The number of aryl methyl sites for hydroxylation is 1. The number of esters is 1. The fourth-order valence-corrected chi connectivity index (χ4v) is 4.96. The van der Waals surface area contributed by atoms with E-state index in [1.165, 1.54) is 114 Å². The van der Waals surface area contributed by atoms with E-state index in [0.717, 1.165) is 24.8 Å². The Hall–Kier alpha value is -3.28. The molecule has 1 heterocycles. The van der Waals surface area contributed by atoms with E-state index in [1.54, 1.807) is 6.07 Å². The van der Waals surface area contributed by atoms with Gasteiger partial charge in [-0.3, -0.25) is 0 Å². The first-order valence-corrected chi connectivity index (χ1v) is 16.2. The molecular formula is C36H49FN2O3. The zero-order valence-corrected chi connectivity index (χ0v) is 25.7. The van der Waals surface area contributed by atoms with Crippen LogP contribution in [0.25, 0.3) is 11.4 Å². The van der Waals surface area contributed by atoms with E-state index in [1.807, 2.05) is 12.1 Å². The lowest BCUT2D eigenvalue weighted by molar-refractivity contribution is 0.0728.